The van der Waals surface area contributed by atoms with Crippen molar-refractivity contribution in [3.63, 3.8) is 0 Å². The van der Waals surface area contributed by atoms with Crippen molar-refractivity contribution in [3.8, 4) is 0 Å². The van der Waals surface area contributed by atoms with Gasteiger partial charge >= 0.3 is 0 Å². The number of sulfonamides is 1. The highest BCUT2D eigenvalue weighted by Crippen LogP contribution is 2.25. The SMILES string of the molecule is O=C(NC1CC(c2cccs2)NN1)c1cccc(S(=O)(=O)N2CCCCCC2)c1. The van der Waals surface area contributed by atoms with Gasteiger partial charge in [-0.25, -0.2) is 19.3 Å². The first-order valence-electron chi connectivity index (χ1n) is 9.99. The maximum absolute atomic E-state index is 13.0. The Labute approximate surface area is 175 Å². The quantitative estimate of drug-likeness (QED) is 0.673. The van der Waals surface area contributed by atoms with Gasteiger partial charge in [0.2, 0.25) is 10.0 Å². The number of carbonyl (C=O) groups excluding carboxylic acids is 1. The van der Waals surface area contributed by atoms with E-state index in [2.05, 4.69) is 22.2 Å². The molecule has 2 atom stereocenters. The van der Waals surface area contributed by atoms with Crippen LogP contribution in [0.15, 0.2) is 46.7 Å². The minimum atomic E-state index is -3.58. The second kappa shape index (κ2) is 8.93. The number of hydrazine groups is 1. The van der Waals surface area contributed by atoms with Crippen molar-refractivity contribution >= 4 is 27.3 Å². The highest BCUT2D eigenvalue weighted by Gasteiger charge is 2.28. The van der Waals surface area contributed by atoms with Crippen LogP contribution >= 0.6 is 11.3 Å². The summed E-state index contributed by atoms with van der Waals surface area (Å²) in [6.45, 7) is 1.08. The van der Waals surface area contributed by atoms with E-state index < -0.39 is 10.0 Å². The molecule has 1 amide bonds. The van der Waals surface area contributed by atoms with Crippen LogP contribution in [0.2, 0.25) is 0 Å². The standard InChI is InChI=1S/C20H26N4O3S2/c25-20(21-19-14-17(22-23-19)18-9-6-12-28-18)15-7-5-8-16(13-15)29(26,27)24-10-3-1-2-4-11-24/h5-9,12-13,17,19,22-23H,1-4,10-11,14H2,(H,21,25). The number of rotatable bonds is 5. The van der Waals surface area contributed by atoms with Crippen LogP contribution < -0.4 is 16.2 Å². The fraction of sp³-hybridized carbons (Fsp3) is 0.450. The summed E-state index contributed by atoms with van der Waals surface area (Å²) < 4.78 is 27.6. The smallest absolute Gasteiger partial charge is 0.252 e. The molecule has 3 N–H and O–H groups in total. The van der Waals surface area contributed by atoms with Gasteiger partial charge in [-0.2, -0.15) is 4.31 Å². The van der Waals surface area contributed by atoms with Crippen LogP contribution in [0.25, 0.3) is 0 Å². The molecule has 2 fully saturated rings. The fourth-order valence-electron chi connectivity index (χ4n) is 3.80. The van der Waals surface area contributed by atoms with Gasteiger partial charge in [0.15, 0.2) is 0 Å². The van der Waals surface area contributed by atoms with E-state index in [-0.39, 0.29) is 23.0 Å². The lowest BCUT2D eigenvalue weighted by atomic mass is 10.1. The molecule has 156 valence electrons. The fourth-order valence-corrected chi connectivity index (χ4v) is 6.15. The lowest BCUT2D eigenvalue weighted by Crippen LogP contribution is -2.44. The zero-order chi connectivity index (χ0) is 20.3. The molecule has 2 aliphatic heterocycles. The molecule has 2 unspecified atom stereocenters. The van der Waals surface area contributed by atoms with E-state index >= 15 is 0 Å². The highest BCUT2D eigenvalue weighted by molar-refractivity contribution is 7.89. The molecule has 1 aromatic heterocycles. The van der Waals surface area contributed by atoms with Gasteiger partial charge in [-0.15, -0.1) is 11.3 Å². The zero-order valence-electron chi connectivity index (χ0n) is 16.1. The molecule has 3 heterocycles. The predicted molar refractivity (Wildman–Crippen MR) is 113 cm³/mol. The number of hydrogen-bond donors (Lipinski definition) is 3. The molecule has 9 heteroatoms. The molecular weight excluding hydrogens is 408 g/mol. The number of nitrogens with one attached hydrogen (secondary N) is 3. The first kappa shape index (κ1) is 20.5. The van der Waals surface area contributed by atoms with Gasteiger partial charge < -0.3 is 5.32 Å². The Kier molecular flexibility index (Phi) is 6.31. The third-order valence-corrected chi connectivity index (χ3v) is 8.27. The zero-order valence-corrected chi connectivity index (χ0v) is 17.8. The van der Waals surface area contributed by atoms with E-state index in [1.807, 2.05) is 11.4 Å². The maximum atomic E-state index is 13.0. The minimum Gasteiger partial charge on any atom is -0.335 e. The van der Waals surface area contributed by atoms with Crippen molar-refractivity contribution in [2.24, 2.45) is 0 Å². The number of benzene rings is 1. The van der Waals surface area contributed by atoms with Crippen molar-refractivity contribution in [3.05, 3.63) is 52.2 Å². The van der Waals surface area contributed by atoms with Crippen LogP contribution in [0, 0.1) is 0 Å². The van der Waals surface area contributed by atoms with Crippen molar-refractivity contribution < 1.29 is 13.2 Å². The third-order valence-electron chi connectivity index (χ3n) is 5.39. The number of carbonyl (C=O) groups is 1. The van der Waals surface area contributed by atoms with Crippen LogP contribution in [-0.4, -0.2) is 37.9 Å². The molecule has 0 aliphatic carbocycles. The van der Waals surface area contributed by atoms with Gasteiger partial charge in [-0.3, -0.25) is 4.79 Å². The van der Waals surface area contributed by atoms with E-state index in [0.717, 1.165) is 32.1 Å². The summed E-state index contributed by atoms with van der Waals surface area (Å²) in [5.41, 5.74) is 6.64. The van der Waals surface area contributed by atoms with Crippen LogP contribution in [0.5, 0.6) is 0 Å². The monoisotopic (exact) mass is 434 g/mol. The van der Waals surface area contributed by atoms with E-state index in [1.54, 1.807) is 33.8 Å². The highest BCUT2D eigenvalue weighted by atomic mass is 32.2. The summed E-state index contributed by atoms with van der Waals surface area (Å²) in [6.07, 6.45) is 4.38. The molecule has 1 aromatic carbocycles. The van der Waals surface area contributed by atoms with Gasteiger partial charge in [0, 0.05) is 30.0 Å². The number of nitrogens with zero attached hydrogens (tertiary/aromatic N) is 1. The van der Waals surface area contributed by atoms with E-state index in [9.17, 15) is 13.2 Å². The van der Waals surface area contributed by atoms with Gasteiger partial charge in [0.1, 0.15) is 0 Å². The van der Waals surface area contributed by atoms with Crippen LogP contribution in [0.1, 0.15) is 53.4 Å². The topological polar surface area (TPSA) is 90.5 Å². The maximum Gasteiger partial charge on any atom is 0.252 e. The summed E-state index contributed by atoms with van der Waals surface area (Å²) in [4.78, 5) is 14.1. The number of amides is 1. The number of thiophene rings is 1. The Balaban J connectivity index is 1.43. The van der Waals surface area contributed by atoms with E-state index in [1.165, 1.54) is 10.9 Å². The Morgan fingerprint density at radius 2 is 1.86 bits per heavy atom. The minimum absolute atomic E-state index is 0.148. The van der Waals surface area contributed by atoms with Crippen molar-refractivity contribution in [1.82, 2.24) is 20.5 Å². The summed E-state index contributed by atoms with van der Waals surface area (Å²) in [6, 6.07) is 10.5. The molecular formula is C20H26N4O3S2. The lowest BCUT2D eigenvalue weighted by Gasteiger charge is -2.20. The Morgan fingerprint density at radius 3 is 2.59 bits per heavy atom. The Morgan fingerprint density at radius 1 is 1.07 bits per heavy atom. The molecule has 2 aliphatic rings. The van der Waals surface area contributed by atoms with Gasteiger partial charge in [0.05, 0.1) is 17.1 Å². The molecule has 2 aromatic rings. The molecule has 2 saturated heterocycles. The van der Waals surface area contributed by atoms with E-state index in [0.29, 0.717) is 18.7 Å². The van der Waals surface area contributed by atoms with Gasteiger partial charge in [-0.05, 0) is 42.5 Å². The summed E-state index contributed by atoms with van der Waals surface area (Å²) >= 11 is 1.67. The molecule has 29 heavy (non-hydrogen) atoms. The normalized spacial score (nSPS) is 23.6. The average Bonchev–Trinajstić information content (AvgIpc) is 3.34. The Bertz CT molecular complexity index is 938. The summed E-state index contributed by atoms with van der Waals surface area (Å²) in [5, 5.41) is 4.97. The predicted octanol–water partition coefficient (Wildman–Crippen LogP) is 2.61. The molecule has 0 spiro atoms. The average molecular weight is 435 g/mol. The van der Waals surface area contributed by atoms with Crippen LogP contribution in [-0.2, 0) is 10.0 Å². The van der Waals surface area contributed by atoms with Crippen molar-refractivity contribution in [2.75, 3.05) is 13.1 Å². The molecule has 7 nitrogen and oxygen atoms in total. The summed E-state index contributed by atoms with van der Waals surface area (Å²) in [5.74, 6) is -0.288. The van der Waals surface area contributed by atoms with Gasteiger partial charge in [0.25, 0.3) is 5.91 Å². The van der Waals surface area contributed by atoms with Crippen LogP contribution in [0.3, 0.4) is 0 Å². The second-order valence-electron chi connectivity index (χ2n) is 7.46. The Hall–Kier alpha value is -1.78. The van der Waals surface area contributed by atoms with Crippen molar-refractivity contribution in [2.45, 2.75) is 49.2 Å². The van der Waals surface area contributed by atoms with Crippen LogP contribution in [0.4, 0.5) is 0 Å². The largest absolute Gasteiger partial charge is 0.335 e. The first-order chi connectivity index (χ1) is 14.0. The third kappa shape index (κ3) is 4.70. The summed E-state index contributed by atoms with van der Waals surface area (Å²) in [7, 11) is -3.58. The number of hydrogen-bond acceptors (Lipinski definition) is 6. The molecule has 0 bridgehead atoms. The van der Waals surface area contributed by atoms with E-state index in [4.69, 9.17) is 0 Å². The first-order valence-corrected chi connectivity index (χ1v) is 12.3. The molecule has 0 radical (unpaired) electrons. The molecule has 0 saturated carbocycles. The van der Waals surface area contributed by atoms with Crippen molar-refractivity contribution in [1.29, 1.82) is 0 Å². The second-order valence-corrected chi connectivity index (χ2v) is 10.4. The molecule has 4 rings (SSSR count). The lowest BCUT2D eigenvalue weighted by molar-refractivity contribution is 0.0932. The van der Waals surface area contributed by atoms with Gasteiger partial charge in [-0.1, -0.05) is 25.0 Å².